The van der Waals surface area contributed by atoms with Crippen molar-refractivity contribution in [3.8, 4) is 11.1 Å². The molecule has 1 atom stereocenters. The maximum Gasteiger partial charge on any atom is 0.409 e. The zero-order chi connectivity index (χ0) is 19.6. The van der Waals surface area contributed by atoms with E-state index in [0.717, 1.165) is 5.56 Å². The SMILES string of the molecule is O=C(OCC1c2ccccc2-c2ccccc21)N1CCOC(c2ccccc2)C1. The molecule has 1 aliphatic heterocycles. The molecule has 1 amide bonds. The highest BCUT2D eigenvalue weighted by Gasteiger charge is 2.31. The molecule has 4 nitrogen and oxygen atoms in total. The fraction of sp³-hybridized carbons (Fsp3) is 0.240. The van der Waals surface area contributed by atoms with Crippen molar-refractivity contribution >= 4 is 6.09 Å². The van der Waals surface area contributed by atoms with Crippen LogP contribution < -0.4 is 0 Å². The number of rotatable bonds is 3. The molecule has 0 saturated carbocycles. The van der Waals surface area contributed by atoms with E-state index in [1.54, 1.807) is 4.90 Å². The van der Waals surface area contributed by atoms with Crippen LogP contribution in [0, 0.1) is 0 Å². The van der Waals surface area contributed by atoms with Crippen molar-refractivity contribution in [3.05, 3.63) is 95.6 Å². The van der Waals surface area contributed by atoms with Gasteiger partial charge >= 0.3 is 6.09 Å². The largest absolute Gasteiger partial charge is 0.448 e. The molecule has 2 aliphatic rings. The minimum atomic E-state index is -0.268. The van der Waals surface area contributed by atoms with E-state index in [1.165, 1.54) is 22.3 Å². The number of hydrogen-bond donors (Lipinski definition) is 0. The summed E-state index contributed by atoms with van der Waals surface area (Å²) in [7, 11) is 0. The maximum atomic E-state index is 12.8. The summed E-state index contributed by atoms with van der Waals surface area (Å²) in [5.41, 5.74) is 6.01. The summed E-state index contributed by atoms with van der Waals surface area (Å²) in [4.78, 5) is 14.6. The first-order valence-electron chi connectivity index (χ1n) is 10.1. The van der Waals surface area contributed by atoms with Gasteiger partial charge in [-0.05, 0) is 27.8 Å². The number of morpholine rings is 1. The quantitative estimate of drug-likeness (QED) is 0.636. The van der Waals surface area contributed by atoms with Crippen LogP contribution in [-0.2, 0) is 9.47 Å². The lowest BCUT2D eigenvalue weighted by Crippen LogP contribution is -2.42. The topological polar surface area (TPSA) is 38.8 Å². The van der Waals surface area contributed by atoms with Crippen LogP contribution in [0.3, 0.4) is 0 Å². The van der Waals surface area contributed by atoms with E-state index in [-0.39, 0.29) is 18.1 Å². The van der Waals surface area contributed by atoms with Crippen LogP contribution in [0.4, 0.5) is 4.79 Å². The molecule has 3 aromatic rings. The molecule has 0 N–H and O–H groups in total. The van der Waals surface area contributed by atoms with Gasteiger partial charge in [0.2, 0.25) is 0 Å². The normalized spacial score (nSPS) is 18.2. The molecule has 0 radical (unpaired) electrons. The van der Waals surface area contributed by atoms with Crippen molar-refractivity contribution in [1.29, 1.82) is 0 Å². The Bertz CT molecular complexity index is 972. The summed E-state index contributed by atoms with van der Waals surface area (Å²) in [6, 6.07) is 26.8. The number of hydrogen-bond acceptors (Lipinski definition) is 3. The molecule has 1 saturated heterocycles. The molecule has 0 aromatic heterocycles. The first-order chi connectivity index (χ1) is 14.3. The van der Waals surface area contributed by atoms with Gasteiger partial charge in [0, 0.05) is 12.5 Å². The van der Waals surface area contributed by atoms with E-state index in [0.29, 0.717) is 26.3 Å². The molecule has 29 heavy (non-hydrogen) atoms. The minimum absolute atomic E-state index is 0.0808. The number of fused-ring (bicyclic) bond motifs is 3. The summed E-state index contributed by atoms with van der Waals surface area (Å²) in [5.74, 6) is 0.0808. The number of nitrogens with zero attached hydrogens (tertiary/aromatic N) is 1. The first-order valence-corrected chi connectivity index (χ1v) is 10.1. The summed E-state index contributed by atoms with van der Waals surface area (Å²) in [6.07, 6.45) is -0.374. The molecular weight excluding hydrogens is 362 g/mol. The molecule has 0 spiro atoms. The van der Waals surface area contributed by atoms with Gasteiger partial charge in [0.15, 0.2) is 0 Å². The summed E-state index contributed by atoms with van der Waals surface area (Å²) >= 11 is 0. The second-order valence-corrected chi connectivity index (χ2v) is 7.52. The fourth-order valence-corrected chi connectivity index (χ4v) is 4.37. The van der Waals surface area contributed by atoms with Crippen LogP contribution in [0.2, 0.25) is 0 Å². The van der Waals surface area contributed by atoms with E-state index < -0.39 is 0 Å². The Balaban J connectivity index is 1.29. The van der Waals surface area contributed by atoms with Gasteiger partial charge in [0.25, 0.3) is 0 Å². The van der Waals surface area contributed by atoms with Gasteiger partial charge in [-0.3, -0.25) is 0 Å². The molecule has 1 unspecified atom stereocenters. The Hall–Kier alpha value is -3.11. The number of carbonyl (C=O) groups excluding carboxylic acids is 1. The smallest absolute Gasteiger partial charge is 0.409 e. The van der Waals surface area contributed by atoms with Crippen LogP contribution in [0.1, 0.15) is 28.7 Å². The fourth-order valence-electron chi connectivity index (χ4n) is 4.37. The lowest BCUT2D eigenvalue weighted by Gasteiger charge is -2.32. The van der Waals surface area contributed by atoms with Gasteiger partial charge < -0.3 is 14.4 Å². The van der Waals surface area contributed by atoms with Crippen LogP contribution in [0.25, 0.3) is 11.1 Å². The molecule has 4 heteroatoms. The highest BCUT2D eigenvalue weighted by molar-refractivity contribution is 5.79. The molecule has 3 aromatic carbocycles. The van der Waals surface area contributed by atoms with E-state index >= 15 is 0 Å². The summed E-state index contributed by atoms with van der Waals surface area (Å²) in [6.45, 7) is 1.94. The maximum absolute atomic E-state index is 12.8. The standard InChI is InChI=1S/C25H23NO3/c27-25(26-14-15-28-24(16-26)18-8-2-1-3-9-18)29-17-23-21-12-6-4-10-19(21)20-11-5-7-13-22(20)23/h1-13,23-24H,14-17H2. The Morgan fingerprint density at radius 2 is 1.52 bits per heavy atom. The number of benzene rings is 3. The summed E-state index contributed by atoms with van der Waals surface area (Å²) < 4.78 is 11.7. The molecule has 1 aliphatic carbocycles. The third-order valence-electron chi connectivity index (χ3n) is 5.83. The van der Waals surface area contributed by atoms with Crippen molar-refractivity contribution in [2.75, 3.05) is 26.3 Å². The third-order valence-corrected chi connectivity index (χ3v) is 5.83. The predicted molar refractivity (Wildman–Crippen MR) is 112 cm³/mol. The Morgan fingerprint density at radius 1 is 0.897 bits per heavy atom. The second-order valence-electron chi connectivity index (χ2n) is 7.52. The van der Waals surface area contributed by atoms with Gasteiger partial charge in [-0.2, -0.15) is 0 Å². The molecule has 5 rings (SSSR count). The van der Waals surface area contributed by atoms with Gasteiger partial charge in [0.1, 0.15) is 12.7 Å². The Labute approximate surface area is 170 Å². The second kappa shape index (κ2) is 7.72. The van der Waals surface area contributed by atoms with Crippen molar-refractivity contribution in [2.24, 2.45) is 0 Å². The van der Waals surface area contributed by atoms with Crippen molar-refractivity contribution in [2.45, 2.75) is 12.0 Å². The van der Waals surface area contributed by atoms with E-state index in [4.69, 9.17) is 9.47 Å². The average molecular weight is 385 g/mol. The molecule has 1 fully saturated rings. The molecule has 1 heterocycles. The van der Waals surface area contributed by atoms with E-state index in [9.17, 15) is 4.79 Å². The van der Waals surface area contributed by atoms with Crippen molar-refractivity contribution in [3.63, 3.8) is 0 Å². The van der Waals surface area contributed by atoms with Crippen molar-refractivity contribution in [1.82, 2.24) is 4.90 Å². The zero-order valence-corrected chi connectivity index (χ0v) is 16.2. The predicted octanol–water partition coefficient (Wildman–Crippen LogP) is 5.01. The van der Waals surface area contributed by atoms with Crippen LogP contribution in [-0.4, -0.2) is 37.3 Å². The highest BCUT2D eigenvalue weighted by Crippen LogP contribution is 2.44. The Kier molecular flexibility index (Phi) is 4.78. The highest BCUT2D eigenvalue weighted by atomic mass is 16.6. The lowest BCUT2D eigenvalue weighted by atomic mass is 9.98. The van der Waals surface area contributed by atoms with Gasteiger partial charge in [-0.1, -0.05) is 78.9 Å². The number of ether oxygens (including phenoxy) is 2. The Morgan fingerprint density at radius 3 is 2.21 bits per heavy atom. The molecule has 0 bridgehead atoms. The van der Waals surface area contributed by atoms with E-state index in [1.807, 2.05) is 42.5 Å². The van der Waals surface area contributed by atoms with Crippen LogP contribution >= 0.6 is 0 Å². The monoisotopic (exact) mass is 385 g/mol. The van der Waals surface area contributed by atoms with E-state index in [2.05, 4.69) is 36.4 Å². The van der Waals surface area contributed by atoms with Crippen LogP contribution in [0.5, 0.6) is 0 Å². The molecule has 146 valence electrons. The number of carbonyl (C=O) groups is 1. The van der Waals surface area contributed by atoms with Crippen LogP contribution in [0.15, 0.2) is 78.9 Å². The van der Waals surface area contributed by atoms with Gasteiger partial charge in [-0.25, -0.2) is 4.79 Å². The van der Waals surface area contributed by atoms with Gasteiger partial charge in [-0.15, -0.1) is 0 Å². The average Bonchev–Trinajstić information content (AvgIpc) is 3.12. The van der Waals surface area contributed by atoms with Gasteiger partial charge in [0.05, 0.1) is 13.2 Å². The minimum Gasteiger partial charge on any atom is -0.448 e. The zero-order valence-electron chi connectivity index (χ0n) is 16.2. The van der Waals surface area contributed by atoms with Crippen molar-refractivity contribution < 1.29 is 14.3 Å². The first kappa shape index (κ1) is 18.0. The lowest BCUT2D eigenvalue weighted by molar-refractivity contribution is -0.0288. The summed E-state index contributed by atoms with van der Waals surface area (Å²) in [5, 5.41) is 0. The third kappa shape index (κ3) is 3.40. The number of amides is 1. The molecular formula is C25H23NO3.